The van der Waals surface area contributed by atoms with Crippen LogP contribution in [0.15, 0.2) is 18.2 Å². The Kier molecular flexibility index (Phi) is 3.93. The van der Waals surface area contributed by atoms with Crippen molar-refractivity contribution in [3.63, 3.8) is 0 Å². The Morgan fingerprint density at radius 3 is 2.90 bits per heavy atom. The van der Waals surface area contributed by atoms with Crippen LogP contribution in [0.25, 0.3) is 11.0 Å². The number of fused-ring (bicyclic) bond motifs is 1. The molecule has 1 unspecified atom stereocenters. The van der Waals surface area contributed by atoms with Gasteiger partial charge in [0.25, 0.3) is 0 Å². The number of hydrogen-bond donors (Lipinski definition) is 1. The molecule has 4 nitrogen and oxygen atoms in total. The van der Waals surface area contributed by atoms with Crippen molar-refractivity contribution in [3.05, 3.63) is 29.6 Å². The molecule has 112 valence electrons. The number of hydrogen-bond acceptors (Lipinski definition) is 3. The van der Waals surface area contributed by atoms with Crippen LogP contribution in [0.5, 0.6) is 0 Å². The number of benzene rings is 1. The SMILES string of the molecule is CSC(C)CCn1c(C2CC2)nc2ccc(C(=O)O)cc21. The van der Waals surface area contributed by atoms with E-state index in [2.05, 4.69) is 17.7 Å². The van der Waals surface area contributed by atoms with E-state index in [0.29, 0.717) is 16.7 Å². The molecule has 0 saturated heterocycles. The first-order valence-electron chi connectivity index (χ1n) is 7.36. The number of nitrogens with zero attached hydrogens (tertiary/aromatic N) is 2. The van der Waals surface area contributed by atoms with Crippen molar-refractivity contribution in [2.45, 2.75) is 43.9 Å². The van der Waals surface area contributed by atoms with Gasteiger partial charge in [-0.25, -0.2) is 9.78 Å². The molecule has 1 aliphatic rings. The Balaban J connectivity index is 2.01. The minimum absolute atomic E-state index is 0.337. The molecule has 5 heteroatoms. The Labute approximate surface area is 128 Å². The summed E-state index contributed by atoms with van der Waals surface area (Å²) in [5.41, 5.74) is 2.22. The number of carbonyl (C=O) groups is 1. The molecule has 0 bridgehead atoms. The summed E-state index contributed by atoms with van der Waals surface area (Å²) in [6.45, 7) is 3.14. The van der Waals surface area contributed by atoms with Crippen molar-refractivity contribution in [1.82, 2.24) is 9.55 Å². The van der Waals surface area contributed by atoms with E-state index >= 15 is 0 Å². The van der Waals surface area contributed by atoms with Crippen LogP contribution in [-0.4, -0.2) is 32.1 Å². The highest BCUT2D eigenvalue weighted by molar-refractivity contribution is 7.99. The van der Waals surface area contributed by atoms with Gasteiger partial charge in [-0.3, -0.25) is 0 Å². The lowest BCUT2D eigenvalue weighted by molar-refractivity contribution is 0.0697. The molecule has 1 aliphatic carbocycles. The van der Waals surface area contributed by atoms with Crippen molar-refractivity contribution >= 4 is 28.8 Å². The van der Waals surface area contributed by atoms with Crippen LogP contribution in [0.3, 0.4) is 0 Å². The molecule has 21 heavy (non-hydrogen) atoms. The van der Waals surface area contributed by atoms with Crippen LogP contribution in [0.4, 0.5) is 0 Å². The van der Waals surface area contributed by atoms with Gasteiger partial charge in [0.15, 0.2) is 0 Å². The predicted octanol–water partition coefficient (Wildman–Crippen LogP) is 3.75. The van der Waals surface area contributed by atoms with Gasteiger partial charge in [-0.05, 0) is 43.7 Å². The Bertz CT molecular complexity index is 676. The molecule has 1 N–H and O–H groups in total. The van der Waals surface area contributed by atoms with E-state index in [0.717, 1.165) is 29.8 Å². The largest absolute Gasteiger partial charge is 0.478 e. The van der Waals surface area contributed by atoms with E-state index < -0.39 is 5.97 Å². The zero-order valence-electron chi connectivity index (χ0n) is 12.4. The maximum absolute atomic E-state index is 11.2. The average molecular weight is 304 g/mol. The van der Waals surface area contributed by atoms with E-state index in [-0.39, 0.29) is 0 Å². The van der Waals surface area contributed by atoms with Gasteiger partial charge in [0, 0.05) is 17.7 Å². The van der Waals surface area contributed by atoms with Crippen molar-refractivity contribution in [3.8, 4) is 0 Å². The smallest absolute Gasteiger partial charge is 0.335 e. The Morgan fingerprint density at radius 2 is 2.29 bits per heavy atom. The number of aromatic carboxylic acids is 1. The lowest BCUT2D eigenvalue weighted by Crippen LogP contribution is -2.08. The highest BCUT2D eigenvalue weighted by atomic mass is 32.2. The third kappa shape index (κ3) is 2.93. The van der Waals surface area contributed by atoms with Gasteiger partial charge in [0.05, 0.1) is 16.6 Å². The number of aromatic nitrogens is 2. The monoisotopic (exact) mass is 304 g/mol. The molecule has 2 aromatic rings. The number of carboxylic acid groups (broad SMARTS) is 1. The molecule has 0 radical (unpaired) electrons. The number of thioether (sulfide) groups is 1. The number of rotatable bonds is 6. The summed E-state index contributed by atoms with van der Waals surface area (Å²) in [6.07, 6.45) is 5.60. The van der Waals surface area contributed by atoms with Crippen molar-refractivity contribution in [1.29, 1.82) is 0 Å². The molecule has 1 heterocycles. The average Bonchev–Trinajstić information content (AvgIpc) is 3.26. The molecule has 1 atom stereocenters. The van der Waals surface area contributed by atoms with Gasteiger partial charge in [-0.2, -0.15) is 11.8 Å². The molecule has 3 rings (SSSR count). The third-order valence-electron chi connectivity index (χ3n) is 4.13. The van der Waals surface area contributed by atoms with Crippen LogP contribution in [0.2, 0.25) is 0 Å². The first kappa shape index (κ1) is 14.4. The highest BCUT2D eigenvalue weighted by Crippen LogP contribution is 2.41. The molecule has 0 amide bonds. The molecular formula is C16H20N2O2S. The van der Waals surface area contributed by atoms with Crippen molar-refractivity contribution in [2.75, 3.05) is 6.26 Å². The fraction of sp³-hybridized carbons (Fsp3) is 0.500. The molecule has 0 aliphatic heterocycles. The number of carboxylic acids is 1. The molecule has 0 spiro atoms. The van der Waals surface area contributed by atoms with E-state index in [9.17, 15) is 9.90 Å². The van der Waals surface area contributed by atoms with E-state index in [1.54, 1.807) is 12.1 Å². The second-order valence-electron chi connectivity index (χ2n) is 5.74. The van der Waals surface area contributed by atoms with Crippen molar-refractivity contribution in [2.24, 2.45) is 0 Å². The Hall–Kier alpha value is -1.49. The quantitative estimate of drug-likeness (QED) is 0.883. The minimum atomic E-state index is -0.880. The Morgan fingerprint density at radius 1 is 1.52 bits per heavy atom. The van der Waals surface area contributed by atoms with Gasteiger partial charge in [-0.15, -0.1) is 0 Å². The summed E-state index contributed by atoms with van der Waals surface area (Å²) in [4.78, 5) is 15.9. The van der Waals surface area contributed by atoms with Crippen LogP contribution in [0, 0.1) is 0 Å². The van der Waals surface area contributed by atoms with Crippen LogP contribution < -0.4 is 0 Å². The van der Waals surface area contributed by atoms with E-state index in [4.69, 9.17) is 4.98 Å². The van der Waals surface area contributed by atoms with Gasteiger partial charge in [0.1, 0.15) is 5.82 Å². The van der Waals surface area contributed by atoms with Gasteiger partial charge < -0.3 is 9.67 Å². The van der Waals surface area contributed by atoms with Crippen molar-refractivity contribution < 1.29 is 9.90 Å². The fourth-order valence-corrected chi connectivity index (χ4v) is 2.93. The highest BCUT2D eigenvalue weighted by Gasteiger charge is 2.29. The topological polar surface area (TPSA) is 55.1 Å². The maximum Gasteiger partial charge on any atom is 0.335 e. The summed E-state index contributed by atoms with van der Waals surface area (Å²) in [5, 5.41) is 9.78. The molecule has 1 aromatic heterocycles. The van der Waals surface area contributed by atoms with E-state index in [1.165, 1.54) is 12.8 Å². The summed E-state index contributed by atoms with van der Waals surface area (Å²) in [5.74, 6) is 0.825. The maximum atomic E-state index is 11.2. The third-order valence-corrected chi connectivity index (χ3v) is 5.17. The fourth-order valence-electron chi connectivity index (χ4n) is 2.59. The zero-order valence-corrected chi connectivity index (χ0v) is 13.2. The molecular weight excluding hydrogens is 284 g/mol. The van der Waals surface area contributed by atoms with Crippen LogP contribution in [-0.2, 0) is 6.54 Å². The zero-order chi connectivity index (χ0) is 15.0. The molecule has 1 saturated carbocycles. The number of aryl methyl sites for hydroxylation is 1. The van der Waals surface area contributed by atoms with E-state index in [1.807, 2.05) is 17.8 Å². The van der Waals surface area contributed by atoms with Crippen LogP contribution in [0.1, 0.15) is 48.3 Å². The van der Waals surface area contributed by atoms with Gasteiger partial charge in [-0.1, -0.05) is 6.92 Å². The molecule has 1 aromatic carbocycles. The van der Waals surface area contributed by atoms with Gasteiger partial charge >= 0.3 is 5.97 Å². The summed E-state index contributed by atoms with van der Waals surface area (Å²) >= 11 is 1.86. The second-order valence-corrected chi connectivity index (χ2v) is 7.02. The summed E-state index contributed by atoms with van der Waals surface area (Å²) < 4.78 is 2.24. The van der Waals surface area contributed by atoms with Gasteiger partial charge in [0.2, 0.25) is 0 Å². The summed E-state index contributed by atoms with van der Waals surface area (Å²) in [6, 6.07) is 5.24. The lowest BCUT2D eigenvalue weighted by Gasteiger charge is -2.12. The summed E-state index contributed by atoms with van der Waals surface area (Å²) in [7, 11) is 0. The van der Waals surface area contributed by atoms with Crippen LogP contribution >= 0.6 is 11.8 Å². The minimum Gasteiger partial charge on any atom is -0.478 e. The number of imidazole rings is 1. The predicted molar refractivity (Wildman–Crippen MR) is 86.3 cm³/mol. The first-order chi connectivity index (χ1) is 10.1. The second kappa shape index (κ2) is 5.72. The first-order valence-corrected chi connectivity index (χ1v) is 8.65. The normalized spacial score (nSPS) is 16.3. The standard InChI is InChI=1S/C16H20N2O2S/c1-10(21-2)7-8-18-14-9-12(16(19)20)5-6-13(14)17-15(18)11-3-4-11/h5-6,9-11H,3-4,7-8H2,1-2H3,(H,19,20). The lowest BCUT2D eigenvalue weighted by atomic mass is 10.2. The molecule has 1 fully saturated rings.